The zero-order chi connectivity index (χ0) is 18.7. The smallest absolute Gasteiger partial charge is 0.253 e. The van der Waals surface area contributed by atoms with Crippen molar-refractivity contribution in [1.29, 1.82) is 0 Å². The molecule has 3 rings (SSSR count). The number of nitrogens with zero attached hydrogens (tertiary/aromatic N) is 1. The molecule has 26 heavy (non-hydrogen) atoms. The van der Waals surface area contributed by atoms with E-state index in [1.807, 2.05) is 30.0 Å². The minimum atomic E-state index is 0.0577. The van der Waals surface area contributed by atoms with Crippen molar-refractivity contribution in [3.63, 3.8) is 0 Å². The summed E-state index contributed by atoms with van der Waals surface area (Å²) in [6, 6.07) is 6.00. The van der Waals surface area contributed by atoms with Crippen molar-refractivity contribution in [2.45, 2.75) is 52.5 Å². The standard InChI is InChI=1S/C21H31N3O2/c1-14-7-10-24(11-8-14)21(26)18-4-5-19(15(2)12-18)23-20(25)17-6-9-22-16(3)13-17/h4-5,12,14,16-17,22H,6-11,13H2,1-3H3,(H,23,25)/t16-,17-/m0/s1. The molecule has 0 aliphatic carbocycles. The molecule has 2 fully saturated rings. The minimum absolute atomic E-state index is 0.0577. The van der Waals surface area contributed by atoms with Crippen LogP contribution in [0.4, 0.5) is 5.69 Å². The first-order valence-corrected chi connectivity index (χ1v) is 9.88. The molecular formula is C21H31N3O2. The predicted octanol–water partition coefficient (Wildman–Crippen LogP) is 3.19. The first-order valence-electron chi connectivity index (χ1n) is 9.88. The van der Waals surface area contributed by atoms with Gasteiger partial charge in [0, 0.05) is 36.3 Å². The number of carbonyl (C=O) groups is 2. The fourth-order valence-electron chi connectivity index (χ4n) is 3.94. The van der Waals surface area contributed by atoms with E-state index < -0.39 is 0 Å². The van der Waals surface area contributed by atoms with E-state index in [9.17, 15) is 9.59 Å². The largest absolute Gasteiger partial charge is 0.339 e. The molecule has 2 aliphatic heterocycles. The molecular weight excluding hydrogens is 326 g/mol. The Morgan fingerprint density at radius 1 is 1.15 bits per heavy atom. The lowest BCUT2D eigenvalue weighted by atomic mass is 9.92. The second-order valence-electron chi connectivity index (χ2n) is 8.07. The van der Waals surface area contributed by atoms with Crippen LogP contribution in [0, 0.1) is 18.8 Å². The van der Waals surface area contributed by atoms with Crippen molar-refractivity contribution in [3.8, 4) is 0 Å². The Morgan fingerprint density at radius 3 is 2.54 bits per heavy atom. The lowest BCUT2D eigenvalue weighted by Crippen LogP contribution is -2.40. The lowest BCUT2D eigenvalue weighted by Gasteiger charge is -2.30. The van der Waals surface area contributed by atoms with Gasteiger partial charge in [-0.1, -0.05) is 6.92 Å². The summed E-state index contributed by atoms with van der Waals surface area (Å²) in [5.74, 6) is 0.953. The number of anilines is 1. The highest BCUT2D eigenvalue weighted by Crippen LogP contribution is 2.23. The Bertz CT molecular complexity index is 665. The molecule has 2 N–H and O–H groups in total. The molecule has 5 heteroatoms. The van der Waals surface area contributed by atoms with E-state index in [0.717, 1.165) is 56.6 Å². The summed E-state index contributed by atoms with van der Waals surface area (Å²) < 4.78 is 0. The number of aryl methyl sites for hydroxylation is 1. The SMILES string of the molecule is Cc1cc(C(=O)N2CCC(C)CC2)ccc1NC(=O)[C@H]1CCN[C@@H](C)C1. The summed E-state index contributed by atoms with van der Waals surface area (Å²) in [4.78, 5) is 27.2. The second-order valence-corrected chi connectivity index (χ2v) is 8.07. The van der Waals surface area contributed by atoms with E-state index in [4.69, 9.17) is 0 Å². The van der Waals surface area contributed by atoms with Crippen LogP contribution < -0.4 is 10.6 Å². The highest BCUT2D eigenvalue weighted by atomic mass is 16.2. The first-order chi connectivity index (χ1) is 12.4. The van der Waals surface area contributed by atoms with Crippen molar-refractivity contribution in [1.82, 2.24) is 10.2 Å². The number of nitrogens with one attached hydrogen (secondary N) is 2. The van der Waals surface area contributed by atoms with Gasteiger partial charge < -0.3 is 15.5 Å². The van der Waals surface area contributed by atoms with E-state index in [-0.39, 0.29) is 17.7 Å². The molecule has 2 heterocycles. The van der Waals surface area contributed by atoms with Crippen LogP contribution in [-0.4, -0.2) is 42.4 Å². The van der Waals surface area contributed by atoms with Crippen molar-refractivity contribution < 1.29 is 9.59 Å². The maximum atomic E-state index is 12.7. The topological polar surface area (TPSA) is 61.4 Å². The zero-order valence-electron chi connectivity index (χ0n) is 16.2. The summed E-state index contributed by atoms with van der Waals surface area (Å²) in [7, 11) is 0. The fraction of sp³-hybridized carbons (Fsp3) is 0.619. The van der Waals surface area contributed by atoms with Gasteiger partial charge in [-0.2, -0.15) is 0 Å². The monoisotopic (exact) mass is 357 g/mol. The van der Waals surface area contributed by atoms with Crippen molar-refractivity contribution in [3.05, 3.63) is 29.3 Å². The number of benzene rings is 1. The maximum absolute atomic E-state index is 12.7. The molecule has 142 valence electrons. The van der Waals surface area contributed by atoms with Gasteiger partial charge >= 0.3 is 0 Å². The predicted molar refractivity (Wildman–Crippen MR) is 104 cm³/mol. The van der Waals surface area contributed by atoms with Gasteiger partial charge in [0.25, 0.3) is 5.91 Å². The lowest BCUT2D eigenvalue weighted by molar-refractivity contribution is -0.120. The van der Waals surface area contributed by atoms with Gasteiger partial charge in [-0.15, -0.1) is 0 Å². The summed E-state index contributed by atoms with van der Waals surface area (Å²) in [6.07, 6.45) is 3.90. The normalized spacial score (nSPS) is 24.3. The first kappa shape index (κ1) is 18.9. The van der Waals surface area contributed by atoms with Crippen LogP contribution in [0.2, 0.25) is 0 Å². The van der Waals surface area contributed by atoms with E-state index in [1.165, 1.54) is 0 Å². The Kier molecular flexibility index (Phi) is 5.97. The molecule has 0 radical (unpaired) electrons. The molecule has 0 aromatic heterocycles. The van der Waals surface area contributed by atoms with Crippen LogP contribution >= 0.6 is 0 Å². The zero-order valence-corrected chi connectivity index (χ0v) is 16.2. The Labute approximate surface area is 156 Å². The number of carbonyl (C=O) groups excluding carboxylic acids is 2. The van der Waals surface area contributed by atoms with E-state index in [2.05, 4.69) is 24.5 Å². The molecule has 2 aliphatic rings. The van der Waals surface area contributed by atoms with Crippen molar-refractivity contribution >= 4 is 17.5 Å². The fourth-order valence-corrected chi connectivity index (χ4v) is 3.94. The van der Waals surface area contributed by atoms with Crippen LogP contribution in [0.3, 0.4) is 0 Å². The number of rotatable bonds is 3. The summed E-state index contributed by atoms with van der Waals surface area (Å²) in [5, 5.41) is 6.43. The third-order valence-electron chi connectivity index (χ3n) is 5.80. The summed E-state index contributed by atoms with van der Waals surface area (Å²) in [6.45, 7) is 8.88. The van der Waals surface area contributed by atoms with Crippen LogP contribution in [0.25, 0.3) is 0 Å². The Hall–Kier alpha value is -1.88. The average Bonchev–Trinajstić information content (AvgIpc) is 2.63. The number of hydrogen-bond donors (Lipinski definition) is 2. The number of likely N-dealkylation sites (tertiary alicyclic amines) is 1. The van der Waals surface area contributed by atoms with Gasteiger partial charge in [-0.3, -0.25) is 9.59 Å². The highest BCUT2D eigenvalue weighted by molar-refractivity contribution is 5.97. The molecule has 1 aromatic rings. The average molecular weight is 357 g/mol. The van der Waals surface area contributed by atoms with Crippen LogP contribution in [-0.2, 0) is 4.79 Å². The third-order valence-corrected chi connectivity index (χ3v) is 5.80. The van der Waals surface area contributed by atoms with Gasteiger partial charge in [-0.25, -0.2) is 0 Å². The number of piperidine rings is 2. The molecule has 1 aromatic carbocycles. The van der Waals surface area contributed by atoms with E-state index >= 15 is 0 Å². The van der Waals surface area contributed by atoms with Crippen LogP contribution in [0.1, 0.15) is 55.5 Å². The summed E-state index contributed by atoms with van der Waals surface area (Å²) >= 11 is 0. The molecule has 2 amide bonds. The van der Waals surface area contributed by atoms with Gasteiger partial charge in [0.2, 0.25) is 5.91 Å². The minimum Gasteiger partial charge on any atom is -0.339 e. The van der Waals surface area contributed by atoms with Gasteiger partial charge in [0.1, 0.15) is 0 Å². The molecule has 0 spiro atoms. The van der Waals surface area contributed by atoms with Crippen molar-refractivity contribution in [2.24, 2.45) is 11.8 Å². The molecule has 0 saturated carbocycles. The summed E-state index contributed by atoms with van der Waals surface area (Å²) in [5.41, 5.74) is 2.46. The third kappa shape index (κ3) is 4.44. The highest BCUT2D eigenvalue weighted by Gasteiger charge is 2.25. The Balaban J connectivity index is 1.63. The molecule has 0 bridgehead atoms. The van der Waals surface area contributed by atoms with E-state index in [0.29, 0.717) is 17.5 Å². The molecule has 2 saturated heterocycles. The van der Waals surface area contributed by atoms with Gasteiger partial charge in [0.05, 0.1) is 0 Å². The quantitative estimate of drug-likeness (QED) is 0.873. The van der Waals surface area contributed by atoms with Gasteiger partial charge in [0.15, 0.2) is 0 Å². The van der Waals surface area contributed by atoms with Crippen LogP contribution in [0.5, 0.6) is 0 Å². The Morgan fingerprint density at radius 2 is 1.88 bits per heavy atom. The number of amides is 2. The van der Waals surface area contributed by atoms with Crippen molar-refractivity contribution in [2.75, 3.05) is 25.0 Å². The van der Waals surface area contributed by atoms with Crippen LogP contribution in [0.15, 0.2) is 18.2 Å². The van der Waals surface area contributed by atoms with E-state index in [1.54, 1.807) is 0 Å². The molecule has 5 nitrogen and oxygen atoms in total. The molecule has 0 unspecified atom stereocenters. The molecule has 2 atom stereocenters. The van der Waals surface area contributed by atoms with Gasteiger partial charge in [-0.05, 0) is 75.8 Å². The second kappa shape index (κ2) is 8.21. The maximum Gasteiger partial charge on any atom is 0.253 e. The number of hydrogen-bond acceptors (Lipinski definition) is 3.